The number of allylic oxidation sites excluding steroid dienone is 1. The van der Waals surface area contributed by atoms with Gasteiger partial charge >= 0.3 is 0 Å². The van der Waals surface area contributed by atoms with Crippen molar-refractivity contribution in [1.82, 2.24) is 0 Å². The van der Waals surface area contributed by atoms with Crippen LogP contribution in [0.5, 0.6) is 0 Å². The normalized spacial score (nSPS) is 46.2. The molecule has 0 heterocycles. The van der Waals surface area contributed by atoms with Gasteiger partial charge in [-0.2, -0.15) is 0 Å². The average Bonchev–Trinajstić information content (AvgIpc) is 2.99. The molecule has 0 spiro atoms. The molecular formula is C27H42O6. The minimum Gasteiger partial charge on any atom is -0.390 e. The highest BCUT2D eigenvalue weighted by Crippen LogP contribution is 2.68. The maximum Gasteiger partial charge on any atom is 0.159 e. The Morgan fingerprint density at radius 3 is 2.45 bits per heavy atom. The summed E-state index contributed by atoms with van der Waals surface area (Å²) < 4.78 is 0. The number of rotatable bonds is 5. The average molecular weight is 463 g/mol. The quantitative estimate of drug-likeness (QED) is 0.499. The molecule has 0 aromatic rings. The molecule has 186 valence electrons. The van der Waals surface area contributed by atoms with E-state index in [1.807, 2.05) is 13.8 Å². The summed E-state index contributed by atoms with van der Waals surface area (Å²) in [4.78, 5) is 26.2. The molecule has 3 fully saturated rings. The number of Topliss-reactive ketones (excluding diaryl/α,β-unsaturated/α-hetero) is 1. The van der Waals surface area contributed by atoms with Gasteiger partial charge in [-0.15, -0.1) is 0 Å². The lowest BCUT2D eigenvalue weighted by Gasteiger charge is -2.60. The van der Waals surface area contributed by atoms with Gasteiger partial charge < -0.3 is 20.4 Å². The van der Waals surface area contributed by atoms with Crippen LogP contribution >= 0.6 is 0 Å². The Kier molecular flexibility index (Phi) is 6.05. The van der Waals surface area contributed by atoms with Crippen molar-refractivity contribution in [3.05, 3.63) is 11.6 Å². The zero-order valence-electron chi connectivity index (χ0n) is 20.8. The maximum absolute atomic E-state index is 13.2. The largest absolute Gasteiger partial charge is 0.390 e. The Morgan fingerprint density at radius 2 is 1.82 bits per heavy atom. The zero-order chi connectivity index (χ0) is 24.6. The number of hydrogen-bond acceptors (Lipinski definition) is 6. The number of carbonyl (C=O) groups is 2. The van der Waals surface area contributed by atoms with Gasteiger partial charge in [-0.1, -0.05) is 20.8 Å². The van der Waals surface area contributed by atoms with Gasteiger partial charge in [0.1, 0.15) is 5.78 Å². The van der Waals surface area contributed by atoms with Gasteiger partial charge in [0.25, 0.3) is 0 Å². The molecule has 6 nitrogen and oxygen atoms in total. The number of carbonyl (C=O) groups excluding carboxylic acids is 2. The first-order chi connectivity index (χ1) is 15.1. The van der Waals surface area contributed by atoms with Crippen molar-refractivity contribution in [2.24, 2.45) is 34.5 Å². The van der Waals surface area contributed by atoms with Crippen molar-refractivity contribution in [2.75, 3.05) is 0 Å². The number of aliphatic hydroxyl groups excluding tert-OH is 2. The zero-order valence-corrected chi connectivity index (χ0v) is 20.8. The summed E-state index contributed by atoms with van der Waals surface area (Å²) in [5.41, 5.74) is -2.22. The lowest BCUT2D eigenvalue weighted by molar-refractivity contribution is -0.154. The Hall–Kier alpha value is -1.08. The van der Waals surface area contributed by atoms with E-state index in [1.165, 1.54) is 0 Å². The van der Waals surface area contributed by atoms with Gasteiger partial charge in [0, 0.05) is 23.7 Å². The molecule has 6 heteroatoms. The second-order valence-corrected chi connectivity index (χ2v) is 12.7. The molecular weight excluding hydrogens is 420 g/mol. The lowest BCUT2D eigenvalue weighted by atomic mass is 9.46. The molecule has 9 atom stereocenters. The molecule has 4 rings (SSSR count). The number of ketones is 2. The second kappa shape index (κ2) is 7.97. The summed E-state index contributed by atoms with van der Waals surface area (Å²) in [6.45, 7) is 9.51. The van der Waals surface area contributed by atoms with Crippen LogP contribution < -0.4 is 0 Å². The highest BCUT2D eigenvalue weighted by Gasteiger charge is 2.67. The molecule has 33 heavy (non-hydrogen) atoms. The topological polar surface area (TPSA) is 115 Å². The fourth-order valence-electron chi connectivity index (χ4n) is 8.09. The van der Waals surface area contributed by atoms with Gasteiger partial charge in [0.15, 0.2) is 5.78 Å². The highest BCUT2D eigenvalue weighted by molar-refractivity contribution is 5.95. The van der Waals surface area contributed by atoms with Crippen molar-refractivity contribution < 1.29 is 30.0 Å². The predicted octanol–water partition coefficient (Wildman–Crippen LogP) is 2.95. The molecule has 0 aromatic heterocycles. The molecule has 3 saturated carbocycles. The first kappa shape index (κ1) is 25.0. The maximum atomic E-state index is 13.2. The molecule has 0 amide bonds. The van der Waals surface area contributed by atoms with Crippen LogP contribution in [-0.2, 0) is 9.59 Å². The summed E-state index contributed by atoms with van der Waals surface area (Å²) in [7, 11) is 0. The van der Waals surface area contributed by atoms with Gasteiger partial charge in [-0.25, -0.2) is 0 Å². The molecule has 0 radical (unpaired) electrons. The van der Waals surface area contributed by atoms with Crippen LogP contribution in [0, 0.1) is 34.5 Å². The van der Waals surface area contributed by atoms with E-state index in [-0.39, 0.29) is 41.7 Å². The van der Waals surface area contributed by atoms with Crippen LogP contribution in [0.25, 0.3) is 0 Å². The minimum absolute atomic E-state index is 0.0121. The standard InChI is InChI=1S/C27H42O6/c1-15(20(28)8-9-24(2,3)32)16-7-11-27(33)18-12-21(29)19-13-22(30)23(31)14-25(19,4)17(18)6-10-26(16,27)5/h12,15-17,19,22-23,30-33H,6-11,13-14H2,1-5H3/t15-,16+,17?,19-,22+,23-,25+,26+,27+/m0/s1. The third-order valence-electron chi connectivity index (χ3n) is 10.3. The summed E-state index contributed by atoms with van der Waals surface area (Å²) in [5, 5.41) is 42.9. The van der Waals surface area contributed by atoms with Gasteiger partial charge in [0.05, 0.1) is 23.4 Å². The Labute approximate surface area is 197 Å². The molecule has 1 unspecified atom stereocenters. The summed E-state index contributed by atoms with van der Waals surface area (Å²) >= 11 is 0. The number of aliphatic hydroxyl groups is 4. The van der Waals surface area contributed by atoms with E-state index < -0.39 is 34.2 Å². The first-order valence-corrected chi connectivity index (χ1v) is 12.7. The summed E-state index contributed by atoms with van der Waals surface area (Å²) in [5.74, 6) is -0.488. The summed E-state index contributed by atoms with van der Waals surface area (Å²) in [6.07, 6.45) is 4.08. The first-order valence-electron chi connectivity index (χ1n) is 12.7. The van der Waals surface area contributed by atoms with E-state index in [0.29, 0.717) is 25.7 Å². The van der Waals surface area contributed by atoms with Crippen molar-refractivity contribution in [2.45, 2.75) is 109 Å². The van der Waals surface area contributed by atoms with Crippen molar-refractivity contribution in [3.63, 3.8) is 0 Å². The van der Waals surface area contributed by atoms with Crippen LogP contribution in [0.2, 0.25) is 0 Å². The second-order valence-electron chi connectivity index (χ2n) is 12.7. The van der Waals surface area contributed by atoms with Gasteiger partial charge in [0.2, 0.25) is 0 Å². The fraction of sp³-hybridized carbons (Fsp3) is 0.852. The highest BCUT2D eigenvalue weighted by atomic mass is 16.3. The number of fused-ring (bicyclic) bond motifs is 5. The smallest absolute Gasteiger partial charge is 0.159 e. The molecule has 4 aliphatic carbocycles. The number of hydrogen-bond donors (Lipinski definition) is 4. The fourth-order valence-corrected chi connectivity index (χ4v) is 8.09. The van der Waals surface area contributed by atoms with E-state index >= 15 is 0 Å². The van der Waals surface area contributed by atoms with Crippen molar-refractivity contribution in [3.8, 4) is 0 Å². The van der Waals surface area contributed by atoms with Crippen LogP contribution in [0.15, 0.2) is 11.6 Å². The molecule has 0 saturated heterocycles. The Morgan fingerprint density at radius 1 is 1.15 bits per heavy atom. The molecule has 0 aliphatic heterocycles. The monoisotopic (exact) mass is 462 g/mol. The van der Waals surface area contributed by atoms with Crippen LogP contribution in [0.4, 0.5) is 0 Å². The van der Waals surface area contributed by atoms with Gasteiger partial charge in [-0.3, -0.25) is 9.59 Å². The predicted molar refractivity (Wildman–Crippen MR) is 124 cm³/mol. The molecule has 0 aromatic carbocycles. The third-order valence-corrected chi connectivity index (χ3v) is 10.3. The van der Waals surface area contributed by atoms with Crippen molar-refractivity contribution >= 4 is 11.6 Å². The minimum atomic E-state index is -1.14. The van der Waals surface area contributed by atoms with Crippen LogP contribution in [-0.4, -0.2) is 55.4 Å². The van der Waals surface area contributed by atoms with Crippen LogP contribution in [0.1, 0.15) is 86.0 Å². The van der Waals surface area contributed by atoms with Crippen molar-refractivity contribution in [1.29, 1.82) is 0 Å². The molecule has 4 aliphatic rings. The Balaban J connectivity index is 1.63. The Bertz CT molecular complexity index is 857. The molecule has 4 N–H and O–H groups in total. The van der Waals surface area contributed by atoms with Crippen LogP contribution in [0.3, 0.4) is 0 Å². The van der Waals surface area contributed by atoms with E-state index in [1.54, 1.807) is 19.9 Å². The van der Waals surface area contributed by atoms with E-state index in [0.717, 1.165) is 24.8 Å². The van der Waals surface area contributed by atoms with E-state index in [2.05, 4.69) is 6.92 Å². The van der Waals surface area contributed by atoms with E-state index in [9.17, 15) is 30.0 Å². The lowest BCUT2D eigenvalue weighted by Crippen LogP contribution is -2.61. The van der Waals surface area contributed by atoms with Gasteiger partial charge in [-0.05, 0) is 87.7 Å². The molecule has 0 bridgehead atoms. The van der Waals surface area contributed by atoms with E-state index in [4.69, 9.17) is 0 Å². The summed E-state index contributed by atoms with van der Waals surface area (Å²) in [6, 6.07) is 0. The SMILES string of the molecule is C[C@H](C(=O)CCC(C)(C)O)[C@H]1CC[C@@]2(O)C3=CC(=O)[C@@H]4C[C@@H](O)[C@@H](O)C[C@]4(C)C3CC[C@]12C. The third kappa shape index (κ3) is 3.76.